The summed E-state index contributed by atoms with van der Waals surface area (Å²) < 4.78 is 40.7. The second-order valence-corrected chi connectivity index (χ2v) is 8.98. The van der Waals surface area contributed by atoms with E-state index in [2.05, 4.69) is 0 Å². The van der Waals surface area contributed by atoms with Gasteiger partial charge in [0.1, 0.15) is 4.93 Å². The predicted molar refractivity (Wildman–Crippen MR) is 85.4 cm³/mol. The van der Waals surface area contributed by atoms with Crippen LogP contribution in [-0.2, 0) is 11.4 Å². The number of hydroxylamine groups is 2. The average molecular weight is 345 g/mol. The smallest absolute Gasteiger partial charge is 0.279 e. The predicted octanol–water partition coefficient (Wildman–Crippen LogP) is 5.21. The van der Waals surface area contributed by atoms with Crippen LogP contribution in [0.25, 0.3) is 0 Å². The number of benzene rings is 1. The summed E-state index contributed by atoms with van der Waals surface area (Å²) in [6, 6.07) is 9.15. The number of nitrogens with zero attached hydrogens (tertiary/aromatic N) is 1. The summed E-state index contributed by atoms with van der Waals surface area (Å²) in [5.74, 6) is 0. The summed E-state index contributed by atoms with van der Waals surface area (Å²) in [6.07, 6.45) is -3.48. The molecule has 0 radical (unpaired) electrons. The molecule has 23 heavy (non-hydrogen) atoms. The maximum Gasteiger partial charge on any atom is 0.415 e. The van der Waals surface area contributed by atoms with Crippen LogP contribution in [0.1, 0.15) is 39.7 Å². The average Bonchev–Trinajstić information content (AvgIpc) is 2.82. The lowest BCUT2D eigenvalue weighted by Gasteiger charge is -2.63. The molecule has 1 unspecified atom stereocenters. The highest BCUT2D eigenvalue weighted by Gasteiger charge is 2.74. The van der Waals surface area contributed by atoms with E-state index < -0.39 is 16.5 Å². The van der Waals surface area contributed by atoms with Gasteiger partial charge in [0.25, 0.3) is 0 Å². The van der Waals surface area contributed by atoms with Gasteiger partial charge in [-0.05, 0) is 12.0 Å². The molecule has 1 atom stereocenters. The fourth-order valence-electron chi connectivity index (χ4n) is 4.27. The molecule has 1 spiro atoms. The van der Waals surface area contributed by atoms with Crippen LogP contribution in [0.2, 0.25) is 0 Å². The number of alkyl halides is 3. The van der Waals surface area contributed by atoms with Gasteiger partial charge in [-0.1, -0.05) is 69.8 Å². The molecule has 1 saturated heterocycles. The van der Waals surface area contributed by atoms with Gasteiger partial charge in [-0.25, -0.2) is 0 Å². The molecule has 2 fully saturated rings. The van der Waals surface area contributed by atoms with Gasteiger partial charge in [-0.15, -0.1) is 0 Å². The molecule has 3 rings (SSSR count). The van der Waals surface area contributed by atoms with Crippen LogP contribution in [0.4, 0.5) is 13.2 Å². The van der Waals surface area contributed by atoms with Crippen molar-refractivity contribution in [3.63, 3.8) is 0 Å². The number of rotatable bonds is 2. The Bertz CT molecular complexity index is 571. The molecule has 2 aliphatic rings. The van der Waals surface area contributed by atoms with Crippen LogP contribution in [0, 0.1) is 10.8 Å². The van der Waals surface area contributed by atoms with E-state index >= 15 is 0 Å². The first-order chi connectivity index (χ1) is 10.5. The summed E-state index contributed by atoms with van der Waals surface area (Å²) in [4.78, 5) is 5.20. The van der Waals surface area contributed by atoms with Crippen molar-refractivity contribution in [3.05, 3.63) is 35.9 Å². The number of halogens is 3. The van der Waals surface area contributed by atoms with Gasteiger partial charge in [0.05, 0.1) is 6.54 Å². The van der Waals surface area contributed by atoms with Crippen LogP contribution < -0.4 is 0 Å². The summed E-state index contributed by atoms with van der Waals surface area (Å²) in [5, 5.41) is -0.510. The first kappa shape index (κ1) is 17.1. The Labute approximate surface area is 139 Å². The zero-order chi connectivity index (χ0) is 17.1. The Balaban J connectivity index is 1.92. The Morgan fingerprint density at radius 1 is 1.13 bits per heavy atom. The fourth-order valence-corrected chi connectivity index (χ4v) is 5.88. The monoisotopic (exact) mass is 345 g/mol. The Kier molecular flexibility index (Phi) is 3.82. The van der Waals surface area contributed by atoms with Crippen molar-refractivity contribution >= 4 is 11.8 Å². The van der Waals surface area contributed by atoms with Crippen LogP contribution >= 0.6 is 11.8 Å². The normalized spacial score (nSPS) is 28.7. The van der Waals surface area contributed by atoms with Crippen LogP contribution in [-0.4, -0.2) is 21.5 Å². The molecule has 1 aliphatic heterocycles. The third-order valence-corrected chi connectivity index (χ3v) is 7.15. The van der Waals surface area contributed by atoms with E-state index in [9.17, 15) is 13.2 Å². The molecular formula is C17H22F3NOS. The van der Waals surface area contributed by atoms with Crippen molar-refractivity contribution in [2.45, 2.75) is 57.1 Å². The van der Waals surface area contributed by atoms with Crippen LogP contribution in [0.15, 0.2) is 30.3 Å². The molecule has 1 aliphatic carbocycles. The summed E-state index contributed by atoms with van der Waals surface area (Å²) in [6.45, 7) is 8.09. The van der Waals surface area contributed by atoms with E-state index in [0.717, 1.165) is 28.8 Å². The highest BCUT2D eigenvalue weighted by molar-refractivity contribution is 8.01. The number of thioether (sulfide) groups is 1. The maximum absolute atomic E-state index is 13.6. The molecule has 1 saturated carbocycles. The van der Waals surface area contributed by atoms with Crippen molar-refractivity contribution in [2.24, 2.45) is 10.8 Å². The van der Waals surface area contributed by atoms with E-state index in [-0.39, 0.29) is 17.4 Å². The molecule has 6 heteroatoms. The number of hydrogen-bond donors (Lipinski definition) is 0. The SMILES string of the molecule is CC1(C)CC(C)(C)C12ON(Cc1ccccc1)C(C(F)(F)F)S2. The standard InChI is InChI=1S/C17H22F3NOS/c1-14(2)11-15(3,4)17(14)22-21(13(23-17)16(18,19)20)10-12-8-6-5-7-9-12/h5-9,13H,10-11H2,1-4H3. The molecule has 0 amide bonds. The van der Waals surface area contributed by atoms with Gasteiger partial charge in [0.2, 0.25) is 0 Å². The summed E-state index contributed by atoms with van der Waals surface area (Å²) >= 11 is 0.927. The molecule has 2 nitrogen and oxygen atoms in total. The Morgan fingerprint density at radius 3 is 2.17 bits per heavy atom. The van der Waals surface area contributed by atoms with Crippen molar-refractivity contribution < 1.29 is 18.0 Å². The minimum atomic E-state index is -4.33. The van der Waals surface area contributed by atoms with Gasteiger partial charge in [-0.3, -0.25) is 4.84 Å². The Morgan fingerprint density at radius 2 is 1.70 bits per heavy atom. The van der Waals surface area contributed by atoms with Gasteiger partial charge in [0.15, 0.2) is 5.37 Å². The first-order valence-corrected chi connectivity index (χ1v) is 8.61. The molecule has 0 aromatic heterocycles. The molecule has 1 heterocycles. The van der Waals surface area contributed by atoms with Crippen molar-refractivity contribution in [1.82, 2.24) is 5.06 Å². The molecule has 0 N–H and O–H groups in total. The van der Waals surface area contributed by atoms with E-state index in [0.29, 0.717) is 0 Å². The van der Waals surface area contributed by atoms with Gasteiger partial charge < -0.3 is 0 Å². The highest BCUT2D eigenvalue weighted by Crippen LogP contribution is 2.73. The number of hydrogen-bond acceptors (Lipinski definition) is 3. The van der Waals surface area contributed by atoms with Crippen molar-refractivity contribution in [2.75, 3.05) is 0 Å². The molecular weight excluding hydrogens is 323 g/mol. The fraction of sp³-hybridized carbons (Fsp3) is 0.647. The minimum absolute atomic E-state index is 0.131. The molecule has 128 valence electrons. The lowest BCUT2D eigenvalue weighted by Crippen LogP contribution is -2.65. The maximum atomic E-state index is 13.6. The quantitative estimate of drug-likeness (QED) is 0.730. The largest absolute Gasteiger partial charge is 0.415 e. The van der Waals surface area contributed by atoms with E-state index in [1.165, 1.54) is 0 Å². The summed E-state index contributed by atoms with van der Waals surface area (Å²) in [7, 11) is 0. The summed E-state index contributed by atoms with van der Waals surface area (Å²) in [5.41, 5.74) is 0.223. The topological polar surface area (TPSA) is 12.5 Å². The molecule has 1 aromatic rings. The van der Waals surface area contributed by atoms with Gasteiger partial charge in [0, 0.05) is 10.8 Å². The van der Waals surface area contributed by atoms with Gasteiger partial charge in [-0.2, -0.15) is 18.2 Å². The highest BCUT2D eigenvalue weighted by atomic mass is 32.2. The second-order valence-electron chi connectivity index (χ2n) is 7.73. The zero-order valence-corrected chi connectivity index (χ0v) is 14.6. The first-order valence-electron chi connectivity index (χ1n) is 7.73. The van der Waals surface area contributed by atoms with E-state index in [1.54, 1.807) is 0 Å². The lowest BCUT2D eigenvalue weighted by molar-refractivity contribution is -0.331. The van der Waals surface area contributed by atoms with E-state index in [1.807, 2.05) is 58.0 Å². The molecule has 0 bridgehead atoms. The zero-order valence-electron chi connectivity index (χ0n) is 13.8. The molecule has 1 aromatic carbocycles. The second kappa shape index (κ2) is 5.14. The van der Waals surface area contributed by atoms with Crippen molar-refractivity contribution in [3.8, 4) is 0 Å². The minimum Gasteiger partial charge on any atom is -0.279 e. The van der Waals surface area contributed by atoms with Gasteiger partial charge >= 0.3 is 6.18 Å². The van der Waals surface area contributed by atoms with E-state index in [4.69, 9.17) is 4.84 Å². The van der Waals surface area contributed by atoms with Crippen LogP contribution in [0.3, 0.4) is 0 Å². The van der Waals surface area contributed by atoms with Crippen molar-refractivity contribution in [1.29, 1.82) is 0 Å². The lowest BCUT2D eigenvalue weighted by atomic mass is 9.53. The Hall–Kier alpha value is -0.720. The third kappa shape index (κ3) is 2.59. The van der Waals surface area contributed by atoms with Crippen LogP contribution in [0.5, 0.6) is 0 Å². The third-order valence-electron chi connectivity index (χ3n) is 4.91.